The number of aromatic nitrogens is 1. The van der Waals surface area contributed by atoms with Crippen molar-refractivity contribution in [2.75, 3.05) is 5.32 Å². The van der Waals surface area contributed by atoms with Gasteiger partial charge in [0, 0.05) is 21.9 Å². The number of benzene rings is 2. The van der Waals surface area contributed by atoms with E-state index in [-0.39, 0.29) is 0 Å². The molecule has 3 nitrogen and oxygen atoms in total. The standard InChI is InChI=1S/C16H12BrN3S/c17-13-3-1-11-8-14(4-2-10(11)7-13)20-15-9-12(16(18)21)5-6-19-15/h1-9H,(H2,18,21)(H,19,20). The Morgan fingerprint density at radius 1 is 1.05 bits per heavy atom. The van der Waals surface area contributed by atoms with Gasteiger partial charge < -0.3 is 11.1 Å². The molecular weight excluding hydrogens is 346 g/mol. The zero-order valence-electron chi connectivity index (χ0n) is 11.0. The Hall–Kier alpha value is -1.98. The van der Waals surface area contributed by atoms with Crippen LogP contribution in [-0.2, 0) is 0 Å². The molecule has 0 bridgehead atoms. The van der Waals surface area contributed by atoms with Gasteiger partial charge in [-0.1, -0.05) is 40.3 Å². The lowest BCUT2D eigenvalue weighted by Crippen LogP contribution is -2.09. The van der Waals surface area contributed by atoms with Gasteiger partial charge in [-0.05, 0) is 47.2 Å². The SMILES string of the molecule is NC(=S)c1ccnc(Nc2ccc3cc(Br)ccc3c2)c1. The summed E-state index contributed by atoms with van der Waals surface area (Å²) in [5.74, 6) is 0.719. The van der Waals surface area contributed by atoms with Gasteiger partial charge in [-0.15, -0.1) is 0 Å². The molecule has 0 spiro atoms. The second-order valence-electron chi connectivity index (χ2n) is 4.63. The monoisotopic (exact) mass is 357 g/mol. The number of rotatable bonds is 3. The maximum Gasteiger partial charge on any atom is 0.130 e. The van der Waals surface area contributed by atoms with Gasteiger partial charge in [0.05, 0.1) is 0 Å². The lowest BCUT2D eigenvalue weighted by Gasteiger charge is -2.08. The second-order valence-corrected chi connectivity index (χ2v) is 5.98. The van der Waals surface area contributed by atoms with Crippen molar-refractivity contribution in [2.45, 2.75) is 0 Å². The summed E-state index contributed by atoms with van der Waals surface area (Å²) >= 11 is 8.46. The fraction of sp³-hybridized carbons (Fsp3) is 0. The highest BCUT2D eigenvalue weighted by atomic mass is 79.9. The molecule has 3 N–H and O–H groups in total. The Labute approximate surface area is 136 Å². The highest BCUT2D eigenvalue weighted by Gasteiger charge is 2.02. The molecule has 0 amide bonds. The second kappa shape index (κ2) is 5.79. The van der Waals surface area contributed by atoms with Crippen LogP contribution in [-0.4, -0.2) is 9.97 Å². The van der Waals surface area contributed by atoms with E-state index in [1.807, 2.05) is 18.2 Å². The Morgan fingerprint density at radius 3 is 2.62 bits per heavy atom. The maximum atomic E-state index is 5.64. The lowest BCUT2D eigenvalue weighted by atomic mass is 10.1. The van der Waals surface area contributed by atoms with Gasteiger partial charge in [0.15, 0.2) is 0 Å². The summed E-state index contributed by atoms with van der Waals surface area (Å²) in [7, 11) is 0. The smallest absolute Gasteiger partial charge is 0.130 e. The first-order chi connectivity index (χ1) is 10.1. The van der Waals surface area contributed by atoms with Gasteiger partial charge in [0.1, 0.15) is 10.8 Å². The summed E-state index contributed by atoms with van der Waals surface area (Å²) in [5.41, 5.74) is 7.40. The van der Waals surface area contributed by atoms with E-state index in [1.54, 1.807) is 12.3 Å². The number of nitrogens with zero attached hydrogens (tertiary/aromatic N) is 1. The molecule has 2 aromatic carbocycles. The van der Waals surface area contributed by atoms with Crippen molar-refractivity contribution in [3.8, 4) is 0 Å². The van der Waals surface area contributed by atoms with Crippen molar-refractivity contribution in [3.63, 3.8) is 0 Å². The van der Waals surface area contributed by atoms with Crippen LogP contribution in [0.15, 0.2) is 59.2 Å². The van der Waals surface area contributed by atoms with E-state index in [0.29, 0.717) is 4.99 Å². The third kappa shape index (κ3) is 3.20. The summed E-state index contributed by atoms with van der Waals surface area (Å²) < 4.78 is 1.07. The summed E-state index contributed by atoms with van der Waals surface area (Å²) in [5, 5.41) is 5.61. The summed E-state index contributed by atoms with van der Waals surface area (Å²) in [4.78, 5) is 4.64. The molecule has 0 saturated carbocycles. The van der Waals surface area contributed by atoms with Crippen LogP contribution in [0.25, 0.3) is 10.8 Å². The number of hydrogen-bond donors (Lipinski definition) is 2. The Bertz CT molecular complexity index is 833. The zero-order chi connectivity index (χ0) is 14.8. The third-order valence-corrected chi connectivity index (χ3v) is 3.85. The number of anilines is 2. The molecule has 0 unspecified atom stereocenters. The van der Waals surface area contributed by atoms with E-state index in [9.17, 15) is 0 Å². The van der Waals surface area contributed by atoms with Crippen LogP contribution in [0.4, 0.5) is 11.5 Å². The first kappa shape index (κ1) is 14.0. The van der Waals surface area contributed by atoms with E-state index in [0.717, 1.165) is 26.9 Å². The van der Waals surface area contributed by atoms with Gasteiger partial charge in [-0.2, -0.15) is 0 Å². The molecule has 0 saturated heterocycles. The largest absolute Gasteiger partial charge is 0.389 e. The maximum absolute atomic E-state index is 5.64. The van der Waals surface area contributed by atoms with Crippen molar-refractivity contribution < 1.29 is 0 Å². The van der Waals surface area contributed by atoms with Crippen molar-refractivity contribution >= 4 is 55.4 Å². The van der Waals surface area contributed by atoms with Crippen molar-refractivity contribution in [3.05, 3.63) is 64.8 Å². The van der Waals surface area contributed by atoms with Crippen LogP contribution in [0.3, 0.4) is 0 Å². The summed E-state index contributed by atoms with van der Waals surface area (Å²) in [6.45, 7) is 0. The molecular formula is C16H12BrN3S. The Kier molecular flexibility index (Phi) is 3.86. The molecule has 5 heteroatoms. The van der Waals surface area contributed by atoms with Crippen molar-refractivity contribution in [1.82, 2.24) is 4.98 Å². The van der Waals surface area contributed by atoms with Crippen molar-refractivity contribution in [1.29, 1.82) is 0 Å². The summed E-state index contributed by atoms with van der Waals surface area (Å²) in [6.07, 6.45) is 1.69. The zero-order valence-corrected chi connectivity index (χ0v) is 13.4. The average molecular weight is 358 g/mol. The van der Waals surface area contributed by atoms with Gasteiger partial charge >= 0.3 is 0 Å². The molecule has 3 rings (SSSR count). The van der Waals surface area contributed by atoms with Crippen molar-refractivity contribution in [2.24, 2.45) is 5.73 Å². The molecule has 0 atom stereocenters. The van der Waals surface area contributed by atoms with E-state index in [2.05, 4.69) is 50.5 Å². The first-order valence-corrected chi connectivity index (χ1v) is 7.54. The van der Waals surface area contributed by atoms with E-state index < -0.39 is 0 Å². The third-order valence-electron chi connectivity index (χ3n) is 3.12. The van der Waals surface area contributed by atoms with Crippen LogP contribution in [0.1, 0.15) is 5.56 Å². The van der Waals surface area contributed by atoms with E-state index in [1.165, 1.54) is 5.39 Å². The van der Waals surface area contributed by atoms with E-state index >= 15 is 0 Å². The van der Waals surface area contributed by atoms with Crippen LogP contribution in [0.2, 0.25) is 0 Å². The predicted octanol–water partition coefficient (Wildman–Crippen LogP) is 4.38. The molecule has 104 valence electrons. The average Bonchev–Trinajstić information content (AvgIpc) is 2.48. The first-order valence-electron chi connectivity index (χ1n) is 6.34. The highest BCUT2D eigenvalue weighted by molar-refractivity contribution is 9.10. The fourth-order valence-corrected chi connectivity index (χ4v) is 2.60. The molecule has 21 heavy (non-hydrogen) atoms. The normalized spacial score (nSPS) is 10.5. The number of nitrogens with one attached hydrogen (secondary N) is 1. The number of thiocarbonyl (C=S) groups is 1. The van der Waals surface area contributed by atoms with E-state index in [4.69, 9.17) is 18.0 Å². The van der Waals surface area contributed by atoms with Crippen LogP contribution >= 0.6 is 28.1 Å². The van der Waals surface area contributed by atoms with Gasteiger partial charge in [-0.3, -0.25) is 0 Å². The highest BCUT2D eigenvalue weighted by Crippen LogP contribution is 2.24. The molecule has 0 aliphatic carbocycles. The minimum Gasteiger partial charge on any atom is -0.389 e. The molecule has 0 fully saturated rings. The van der Waals surface area contributed by atoms with Crippen LogP contribution in [0.5, 0.6) is 0 Å². The minimum absolute atomic E-state index is 0.365. The lowest BCUT2D eigenvalue weighted by molar-refractivity contribution is 1.30. The predicted molar refractivity (Wildman–Crippen MR) is 95.1 cm³/mol. The van der Waals surface area contributed by atoms with Gasteiger partial charge in [-0.25, -0.2) is 4.98 Å². The number of fused-ring (bicyclic) bond motifs is 1. The van der Waals surface area contributed by atoms with Gasteiger partial charge in [0.2, 0.25) is 0 Å². The van der Waals surface area contributed by atoms with Crippen LogP contribution in [0, 0.1) is 0 Å². The van der Waals surface area contributed by atoms with Crippen LogP contribution < -0.4 is 11.1 Å². The fourth-order valence-electron chi connectivity index (χ4n) is 2.09. The minimum atomic E-state index is 0.365. The number of halogens is 1. The quantitative estimate of drug-likeness (QED) is 0.683. The number of nitrogens with two attached hydrogens (primary N) is 1. The Balaban J connectivity index is 1.92. The molecule has 0 radical (unpaired) electrons. The number of pyridine rings is 1. The summed E-state index contributed by atoms with van der Waals surface area (Å²) in [6, 6.07) is 16.0. The Morgan fingerprint density at radius 2 is 1.81 bits per heavy atom. The molecule has 0 aliphatic rings. The molecule has 0 aliphatic heterocycles. The molecule has 1 aromatic heterocycles. The topological polar surface area (TPSA) is 50.9 Å². The van der Waals surface area contributed by atoms with Gasteiger partial charge in [0.25, 0.3) is 0 Å². The molecule has 3 aromatic rings. The number of hydrogen-bond acceptors (Lipinski definition) is 3. The molecule has 1 heterocycles.